The summed E-state index contributed by atoms with van der Waals surface area (Å²) in [5, 5.41) is 6.91. The lowest BCUT2D eigenvalue weighted by molar-refractivity contribution is 0.0947. The van der Waals surface area contributed by atoms with Gasteiger partial charge in [0, 0.05) is 19.3 Å². The van der Waals surface area contributed by atoms with E-state index >= 15 is 0 Å². The van der Waals surface area contributed by atoms with Gasteiger partial charge < -0.3 is 11.1 Å². The van der Waals surface area contributed by atoms with Crippen LogP contribution < -0.4 is 11.1 Å². The molecule has 0 saturated heterocycles. The third kappa shape index (κ3) is 3.71. The first kappa shape index (κ1) is 11.7. The van der Waals surface area contributed by atoms with E-state index in [2.05, 4.69) is 17.3 Å². The summed E-state index contributed by atoms with van der Waals surface area (Å²) in [6, 6.07) is 1.73. The van der Waals surface area contributed by atoms with Crippen molar-refractivity contribution in [2.45, 2.75) is 26.3 Å². The molecule has 1 heterocycles. The second-order valence-corrected chi connectivity index (χ2v) is 3.36. The van der Waals surface area contributed by atoms with Crippen LogP contribution in [0.5, 0.6) is 0 Å². The molecule has 3 N–H and O–H groups in total. The third-order valence-corrected chi connectivity index (χ3v) is 1.99. The largest absolute Gasteiger partial charge is 0.351 e. The van der Waals surface area contributed by atoms with Crippen LogP contribution in [-0.4, -0.2) is 28.8 Å². The first-order valence-corrected chi connectivity index (χ1v) is 5.29. The molecule has 5 nitrogen and oxygen atoms in total. The number of aryl methyl sites for hydroxylation is 1. The highest BCUT2D eigenvalue weighted by Gasteiger charge is 2.07. The molecule has 0 atom stereocenters. The van der Waals surface area contributed by atoms with Gasteiger partial charge in [-0.2, -0.15) is 5.10 Å². The maximum absolute atomic E-state index is 11.5. The molecule has 0 radical (unpaired) electrons. The van der Waals surface area contributed by atoms with E-state index in [4.69, 9.17) is 5.73 Å². The van der Waals surface area contributed by atoms with Gasteiger partial charge in [0.1, 0.15) is 5.69 Å². The van der Waals surface area contributed by atoms with Gasteiger partial charge in [0.05, 0.1) is 0 Å². The van der Waals surface area contributed by atoms with E-state index < -0.39 is 0 Å². The minimum absolute atomic E-state index is 0.127. The van der Waals surface area contributed by atoms with Gasteiger partial charge in [0.15, 0.2) is 0 Å². The number of carbonyl (C=O) groups excluding carboxylic acids is 1. The second kappa shape index (κ2) is 6.19. The average molecular weight is 210 g/mol. The Kier molecular flexibility index (Phi) is 4.83. The molecule has 84 valence electrons. The Labute approximate surface area is 89.6 Å². The summed E-state index contributed by atoms with van der Waals surface area (Å²) in [5.74, 6) is -0.127. The Bertz CT molecular complexity index is 308. The molecule has 0 aromatic carbocycles. The van der Waals surface area contributed by atoms with E-state index in [9.17, 15) is 4.79 Å². The first-order valence-electron chi connectivity index (χ1n) is 5.29. The molecule has 1 aromatic heterocycles. The Morgan fingerprint density at radius 1 is 1.67 bits per heavy atom. The van der Waals surface area contributed by atoms with Crippen LogP contribution in [0.25, 0.3) is 0 Å². The first-order chi connectivity index (χ1) is 7.27. The van der Waals surface area contributed by atoms with Crippen molar-refractivity contribution in [3.8, 4) is 0 Å². The summed E-state index contributed by atoms with van der Waals surface area (Å²) < 4.78 is 1.78. The molecule has 0 aliphatic heterocycles. The molecule has 15 heavy (non-hydrogen) atoms. The van der Waals surface area contributed by atoms with E-state index in [-0.39, 0.29) is 5.91 Å². The highest BCUT2D eigenvalue weighted by atomic mass is 16.1. The van der Waals surface area contributed by atoms with Crippen molar-refractivity contribution < 1.29 is 4.79 Å². The predicted octanol–water partition coefficient (Wildman–Crippen LogP) is 0.372. The van der Waals surface area contributed by atoms with Crippen LogP contribution in [0, 0.1) is 0 Å². The van der Waals surface area contributed by atoms with Gasteiger partial charge in [-0.1, -0.05) is 6.92 Å². The number of carbonyl (C=O) groups is 1. The summed E-state index contributed by atoms with van der Waals surface area (Å²) >= 11 is 0. The normalized spacial score (nSPS) is 10.3. The van der Waals surface area contributed by atoms with Crippen LogP contribution in [0.2, 0.25) is 0 Å². The molecule has 1 aromatic rings. The molecule has 0 spiro atoms. The fourth-order valence-corrected chi connectivity index (χ4v) is 1.23. The van der Waals surface area contributed by atoms with E-state index in [1.807, 2.05) is 6.20 Å². The van der Waals surface area contributed by atoms with Gasteiger partial charge in [0.25, 0.3) is 5.91 Å². The summed E-state index contributed by atoms with van der Waals surface area (Å²) in [6.45, 7) is 4.11. The van der Waals surface area contributed by atoms with Crippen molar-refractivity contribution in [3.05, 3.63) is 18.0 Å². The van der Waals surface area contributed by atoms with E-state index in [0.29, 0.717) is 18.8 Å². The Balaban J connectivity index is 2.43. The number of hydrogen-bond donors (Lipinski definition) is 2. The zero-order chi connectivity index (χ0) is 11.1. The molecule has 0 bridgehead atoms. The van der Waals surface area contributed by atoms with Crippen molar-refractivity contribution in [2.75, 3.05) is 13.1 Å². The summed E-state index contributed by atoms with van der Waals surface area (Å²) in [7, 11) is 0. The maximum atomic E-state index is 11.5. The lowest BCUT2D eigenvalue weighted by atomic mass is 10.4. The SMILES string of the molecule is CCCn1ccc(C(=O)NCCCN)n1. The number of nitrogens with one attached hydrogen (secondary N) is 1. The number of nitrogens with two attached hydrogens (primary N) is 1. The van der Waals surface area contributed by atoms with Crippen molar-refractivity contribution >= 4 is 5.91 Å². The van der Waals surface area contributed by atoms with Gasteiger partial charge >= 0.3 is 0 Å². The molecular formula is C10H18N4O. The van der Waals surface area contributed by atoms with Gasteiger partial charge in [0.2, 0.25) is 0 Å². The minimum Gasteiger partial charge on any atom is -0.351 e. The number of rotatable bonds is 6. The lowest BCUT2D eigenvalue weighted by Gasteiger charge is -2.01. The lowest BCUT2D eigenvalue weighted by Crippen LogP contribution is -2.26. The minimum atomic E-state index is -0.127. The van der Waals surface area contributed by atoms with E-state index in [1.54, 1.807) is 10.7 Å². The molecular weight excluding hydrogens is 192 g/mol. The molecule has 0 aliphatic rings. The molecule has 0 fully saturated rings. The molecule has 0 aliphatic carbocycles. The Morgan fingerprint density at radius 2 is 2.47 bits per heavy atom. The fraction of sp³-hybridized carbons (Fsp3) is 0.600. The van der Waals surface area contributed by atoms with Crippen LogP contribution in [0.1, 0.15) is 30.3 Å². The number of hydrogen-bond acceptors (Lipinski definition) is 3. The third-order valence-electron chi connectivity index (χ3n) is 1.99. The maximum Gasteiger partial charge on any atom is 0.271 e. The van der Waals surface area contributed by atoms with Gasteiger partial charge in [-0.05, 0) is 25.5 Å². The Morgan fingerprint density at radius 3 is 3.13 bits per heavy atom. The van der Waals surface area contributed by atoms with Crippen LogP contribution in [0.3, 0.4) is 0 Å². The quantitative estimate of drug-likeness (QED) is 0.666. The zero-order valence-electron chi connectivity index (χ0n) is 9.07. The fourth-order valence-electron chi connectivity index (χ4n) is 1.23. The van der Waals surface area contributed by atoms with E-state index in [0.717, 1.165) is 19.4 Å². The summed E-state index contributed by atoms with van der Waals surface area (Å²) in [5.41, 5.74) is 5.80. The summed E-state index contributed by atoms with van der Waals surface area (Å²) in [6.07, 6.45) is 3.62. The van der Waals surface area contributed by atoms with Gasteiger partial charge in [-0.15, -0.1) is 0 Å². The van der Waals surface area contributed by atoms with Crippen molar-refractivity contribution in [1.82, 2.24) is 15.1 Å². The van der Waals surface area contributed by atoms with Crippen LogP contribution in [-0.2, 0) is 6.54 Å². The van der Waals surface area contributed by atoms with Crippen molar-refractivity contribution in [1.29, 1.82) is 0 Å². The van der Waals surface area contributed by atoms with E-state index in [1.165, 1.54) is 0 Å². The number of nitrogens with zero attached hydrogens (tertiary/aromatic N) is 2. The predicted molar refractivity (Wildman–Crippen MR) is 58.5 cm³/mol. The van der Waals surface area contributed by atoms with Gasteiger partial charge in [-0.25, -0.2) is 0 Å². The van der Waals surface area contributed by atoms with Crippen molar-refractivity contribution in [3.63, 3.8) is 0 Å². The number of aromatic nitrogens is 2. The molecule has 0 unspecified atom stereocenters. The molecule has 5 heteroatoms. The second-order valence-electron chi connectivity index (χ2n) is 3.36. The Hall–Kier alpha value is -1.36. The summed E-state index contributed by atoms with van der Waals surface area (Å²) in [4.78, 5) is 11.5. The highest BCUT2D eigenvalue weighted by Crippen LogP contribution is 1.96. The van der Waals surface area contributed by atoms with Crippen molar-refractivity contribution in [2.24, 2.45) is 5.73 Å². The molecule has 0 saturated carbocycles. The highest BCUT2D eigenvalue weighted by molar-refractivity contribution is 5.92. The standard InChI is InChI=1S/C10H18N4O/c1-2-7-14-8-4-9(13-14)10(15)12-6-3-5-11/h4,8H,2-3,5-7,11H2,1H3,(H,12,15). The topological polar surface area (TPSA) is 72.9 Å². The molecule has 1 rings (SSSR count). The molecule has 1 amide bonds. The zero-order valence-corrected chi connectivity index (χ0v) is 9.07. The number of amides is 1. The smallest absolute Gasteiger partial charge is 0.271 e. The average Bonchev–Trinajstić information content (AvgIpc) is 2.67. The van der Waals surface area contributed by atoms with Crippen LogP contribution in [0.15, 0.2) is 12.3 Å². The van der Waals surface area contributed by atoms with Crippen LogP contribution in [0.4, 0.5) is 0 Å². The monoisotopic (exact) mass is 210 g/mol. The van der Waals surface area contributed by atoms with Gasteiger partial charge in [-0.3, -0.25) is 9.48 Å². The van der Waals surface area contributed by atoms with Crippen LogP contribution >= 0.6 is 0 Å².